The lowest BCUT2D eigenvalue weighted by Crippen LogP contribution is -2.38. The highest BCUT2D eigenvalue weighted by Crippen LogP contribution is 2.50. The third kappa shape index (κ3) is 2.72. The molecular weight excluding hydrogens is 305 g/mol. The van der Waals surface area contributed by atoms with Crippen LogP contribution in [0.1, 0.15) is 30.4 Å². The average molecular weight is 327 g/mol. The van der Waals surface area contributed by atoms with E-state index in [2.05, 4.69) is 5.10 Å². The summed E-state index contributed by atoms with van der Waals surface area (Å²) in [5.74, 6) is 0.408. The highest BCUT2D eigenvalue weighted by atomic mass is 19.1. The molecule has 1 amide bonds. The van der Waals surface area contributed by atoms with Crippen LogP contribution in [0.4, 0.5) is 4.39 Å². The van der Waals surface area contributed by atoms with Crippen molar-refractivity contribution in [1.29, 1.82) is 0 Å². The topological polar surface area (TPSA) is 38.1 Å². The van der Waals surface area contributed by atoms with Gasteiger partial charge in [-0.15, -0.1) is 0 Å². The molecule has 126 valence electrons. The summed E-state index contributed by atoms with van der Waals surface area (Å²) in [6.07, 6.45) is 7.60. The van der Waals surface area contributed by atoms with Gasteiger partial charge in [-0.05, 0) is 54.9 Å². The van der Waals surface area contributed by atoms with E-state index in [-0.39, 0.29) is 11.7 Å². The molecule has 5 heteroatoms. The maximum Gasteiger partial charge on any atom is 0.233 e. The molecule has 1 aromatic carbocycles. The molecule has 2 aliphatic rings. The van der Waals surface area contributed by atoms with Crippen molar-refractivity contribution in [3.8, 4) is 0 Å². The lowest BCUT2D eigenvalue weighted by Gasteiger charge is -2.23. The number of likely N-dealkylation sites (tertiary alicyclic amines) is 1. The highest BCUT2D eigenvalue weighted by molar-refractivity contribution is 5.91. The summed E-state index contributed by atoms with van der Waals surface area (Å²) < 4.78 is 15.4. The van der Waals surface area contributed by atoms with Crippen molar-refractivity contribution in [1.82, 2.24) is 14.7 Å². The summed E-state index contributed by atoms with van der Waals surface area (Å²) in [5.41, 5.74) is 1.59. The molecule has 1 saturated heterocycles. The summed E-state index contributed by atoms with van der Waals surface area (Å²) >= 11 is 0. The van der Waals surface area contributed by atoms with Crippen LogP contribution in [0.2, 0.25) is 0 Å². The van der Waals surface area contributed by atoms with Gasteiger partial charge in [-0.25, -0.2) is 4.39 Å². The first kappa shape index (κ1) is 15.4. The van der Waals surface area contributed by atoms with Gasteiger partial charge in [-0.1, -0.05) is 12.1 Å². The van der Waals surface area contributed by atoms with Gasteiger partial charge >= 0.3 is 0 Å². The Morgan fingerprint density at radius 2 is 2.25 bits per heavy atom. The van der Waals surface area contributed by atoms with Gasteiger partial charge in [-0.2, -0.15) is 5.10 Å². The zero-order chi connectivity index (χ0) is 16.7. The number of carbonyl (C=O) groups is 1. The second-order valence-corrected chi connectivity index (χ2v) is 7.22. The predicted octanol–water partition coefficient (Wildman–Crippen LogP) is 2.68. The van der Waals surface area contributed by atoms with E-state index < -0.39 is 5.41 Å². The maximum absolute atomic E-state index is 13.5. The molecule has 1 saturated carbocycles. The molecule has 2 heterocycles. The van der Waals surface area contributed by atoms with Crippen molar-refractivity contribution in [2.24, 2.45) is 13.0 Å². The van der Waals surface area contributed by atoms with E-state index in [0.29, 0.717) is 5.92 Å². The van der Waals surface area contributed by atoms with Crippen molar-refractivity contribution in [3.05, 3.63) is 53.6 Å². The minimum Gasteiger partial charge on any atom is -0.342 e. The fourth-order valence-corrected chi connectivity index (χ4v) is 3.93. The smallest absolute Gasteiger partial charge is 0.233 e. The molecule has 2 fully saturated rings. The standard InChI is InChI=1S/C19H22FN3O/c1-22-12-15(11-21-22)9-14-5-8-23(13-14)18(24)19(6-7-19)16-3-2-4-17(20)10-16/h2-4,10-12,14H,5-9,13H2,1H3/t14-/m1/s1. The molecule has 0 spiro atoms. The Morgan fingerprint density at radius 1 is 1.42 bits per heavy atom. The summed E-state index contributed by atoms with van der Waals surface area (Å²) in [6.45, 7) is 1.60. The van der Waals surface area contributed by atoms with Crippen LogP contribution in [-0.2, 0) is 23.7 Å². The second kappa shape index (κ2) is 5.72. The van der Waals surface area contributed by atoms with Gasteiger partial charge in [0.1, 0.15) is 5.82 Å². The minimum atomic E-state index is -0.467. The number of hydrogen-bond donors (Lipinski definition) is 0. The molecule has 24 heavy (non-hydrogen) atoms. The van der Waals surface area contributed by atoms with Crippen LogP contribution >= 0.6 is 0 Å². The number of benzene rings is 1. The molecule has 4 rings (SSSR count). The maximum atomic E-state index is 13.5. The third-order valence-electron chi connectivity index (χ3n) is 5.39. The molecule has 0 bridgehead atoms. The van der Waals surface area contributed by atoms with E-state index in [4.69, 9.17) is 0 Å². The monoisotopic (exact) mass is 327 g/mol. The number of rotatable bonds is 4. The number of carbonyl (C=O) groups excluding carboxylic acids is 1. The van der Waals surface area contributed by atoms with E-state index in [1.54, 1.807) is 6.07 Å². The lowest BCUT2D eigenvalue weighted by atomic mass is 9.94. The number of aryl methyl sites for hydroxylation is 1. The van der Waals surface area contributed by atoms with E-state index in [1.807, 2.05) is 35.1 Å². The van der Waals surface area contributed by atoms with Crippen LogP contribution in [0.3, 0.4) is 0 Å². The van der Waals surface area contributed by atoms with Gasteiger partial charge in [-0.3, -0.25) is 9.48 Å². The van der Waals surface area contributed by atoms with Crippen molar-refractivity contribution in [2.75, 3.05) is 13.1 Å². The van der Waals surface area contributed by atoms with Gasteiger partial charge in [0, 0.05) is 26.3 Å². The van der Waals surface area contributed by atoms with Gasteiger partial charge in [0.25, 0.3) is 0 Å². The quantitative estimate of drug-likeness (QED) is 0.866. The van der Waals surface area contributed by atoms with Crippen LogP contribution in [-0.4, -0.2) is 33.7 Å². The van der Waals surface area contributed by atoms with Crippen molar-refractivity contribution in [2.45, 2.75) is 31.1 Å². The Bertz CT molecular complexity index is 765. The summed E-state index contributed by atoms with van der Waals surface area (Å²) in [4.78, 5) is 15.0. The first-order valence-electron chi connectivity index (χ1n) is 8.60. The summed E-state index contributed by atoms with van der Waals surface area (Å²) in [5, 5.41) is 4.21. The van der Waals surface area contributed by atoms with Gasteiger partial charge in [0.15, 0.2) is 0 Å². The minimum absolute atomic E-state index is 0.182. The Balaban J connectivity index is 1.44. The Hall–Kier alpha value is -2.17. The SMILES string of the molecule is Cn1cc(C[C@H]2CCN(C(=O)C3(c4cccc(F)c4)CC3)C2)cn1. The fraction of sp³-hybridized carbons (Fsp3) is 0.474. The number of nitrogens with zero attached hydrogens (tertiary/aromatic N) is 3. The first-order valence-corrected chi connectivity index (χ1v) is 8.60. The van der Waals surface area contributed by atoms with Gasteiger partial charge in [0.2, 0.25) is 5.91 Å². The number of amides is 1. The number of aromatic nitrogens is 2. The van der Waals surface area contributed by atoms with Crippen LogP contribution < -0.4 is 0 Å². The molecule has 0 N–H and O–H groups in total. The highest BCUT2D eigenvalue weighted by Gasteiger charge is 2.53. The lowest BCUT2D eigenvalue weighted by molar-refractivity contribution is -0.133. The van der Waals surface area contributed by atoms with Crippen LogP contribution in [0.25, 0.3) is 0 Å². The third-order valence-corrected chi connectivity index (χ3v) is 5.39. The first-order chi connectivity index (χ1) is 11.6. The van der Waals surface area contributed by atoms with Gasteiger partial charge < -0.3 is 4.90 Å². The van der Waals surface area contributed by atoms with Crippen LogP contribution in [0, 0.1) is 11.7 Å². The Kier molecular flexibility index (Phi) is 3.66. The largest absolute Gasteiger partial charge is 0.342 e. The summed E-state index contributed by atoms with van der Waals surface area (Å²) in [7, 11) is 1.92. The average Bonchev–Trinajstić information content (AvgIpc) is 3.09. The second-order valence-electron chi connectivity index (χ2n) is 7.22. The fourth-order valence-electron chi connectivity index (χ4n) is 3.93. The molecule has 1 aliphatic carbocycles. The Morgan fingerprint density at radius 3 is 2.92 bits per heavy atom. The van der Waals surface area contributed by atoms with Crippen LogP contribution in [0.15, 0.2) is 36.7 Å². The zero-order valence-corrected chi connectivity index (χ0v) is 13.9. The predicted molar refractivity (Wildman–Crippen MR) is 88.9 cm³/mol. The molecule has 0 unspecified atom stereocenters. The van der Waals surface area contributed by atoms with Crippen LogP contribution in [0.5, 0.6) is 0 Å². The van der Waals surface area contributed by atoms with E-state index in [0.717, 1.165) is 44.3 Å². The number of hydrogen-bond acceptors (Lipinski definition) is 2. The molecule has 1 aromatic heterocycles. The molecule has 4 nitrogen and oxygen atoms in total. The number of halogens is 1. The van der Waals surface area contributed by atoms with Gasteiger partial charge in [0.05, 0.1) is 11.6 Å². The molecule has 1 aliphatic heterocycles. The molecular formula is C19H22FN3O. The van der Waals surface area contributed by atoms with Crippen molar-refractivity contribution in [3.63, 3.8) is 0 Å². The Labute approximate surface area is 141 Å². The molecule has 0 radical (unpaired) electrons. The van der Waals surface area contributed by atoms with Crippen molar-refractivity contribution >= 4 is 5.91 Å². The van der Waals surface area contributed by atoms with E-state index in [1.165, 1.54) is 17.7 Å². The normalized spacial score (nSPS) is 21.9. The molecule has 2 aromatic rings. The molecule has 1 atom stereocenters. The van der Waals surface area contributed by atoms with E-state index >= 15 is 0 Å². The van der Waals surface area contributed by atoms with E-state index in [9.17, 15) is 9.18 Å². The summed E-state index contributed by atoms with van der Waals surface area (Å²) in [6, 6.07) is 6.54. The zero-order valence-electron chi connectivity index (χ0n) is 13.9. The van der Waals surface area contributed by atoms with Crippen molar-refractivity contribution < 1.29 is 9.18 Å².